The zero-order chi connectivity index (χ0) is 17.8. The standard InChI is InChI=1S/C17H11Cl2N3O3/c18-14-3-1-12(16(19)6-14)10-25-15-5-13(7-20-9-15)11-2-4-17(21-8-11)22(23)24/h1-9H,10H2. The Hall–Kier alpha value is -2.70. The van der Waals surface area contributed by atoms with Crippen LogP contribution < -0.4 is 4.74 Å². The minimum Gasteiger partial charge on any atom is -0.487 e. The molecule has 0 aliphatic rings. The topological polar surface area (TPSA) is 78.2 Å². The van der Waals surface area contributed by atoms with Gasteiger partial charge in [0.25, 0.3) is 0 Å². The summed E-state index contributed by atoms with van der Waals surface area (Å²) in [7, 11) is 0. The third kappa shape index (κ3) is 4.23. The Morgan fingerprint density at radius 1 is 1.04 bits per heavy atom. The second-order valence-corrected chi connectivity index (χ2v) is 5.94. The first-order valence-corrected chi connectivity index (χ1v) is 7.91. The highest BCUT2D eigenvalue weighted by atomic mass is 35.5. The average molecular weight is 376 g/mol. The van der Waals surface area contributed by atoms with E-state index in [1.165, 1.54) is 12.3 Å². The Balaban J connectivity index is 1.76. The summed E-state index contributed by atoms with van der Waals surface area (Å²) in [6.07, 6.45) is 4.63. The fraction of sp³-hybridized carbons (Fsp3) is 0.0588. The highest BCUT2D eigenvalue weighted by Crippen LogP contribution is 2.25. The highest BCUT2D eigenvalue weighted by molar-refractivity contribution is 6.35. The van der Waals surface area contributed by atoms with Crippen molar-refractivity contribution in [2.45, 2.75) is 6.61 Å². The van der Waals surface area contributed by atoms with Gasteiger partial charge >= 0.3 is 5.82 Å². The van der Waals surface area contributed by atoms with Gasteiger partial charge in [-0.3, -0.25) is 4.98 Å². The van der Waals surface area contributed by atoms with E-state index in [0.29, 0.717) is 21.4 Å². The van der Waals surface area contributed by atoms with Gasteiger partial charge in [0.05, 0.1) is 6.20 Å². The summed E-state index contributed by atoms with van der Waals surface area (Å²) in [5.74, 6) is 0.336. The number of pyridine rings is 2. The third-order valence-corrected chi connectivity index (χ3v) is 3.98. The van der Waals surface area contributed by atoms with Crippen molar-refractivity contribution in [2.75, 3.05) is 0 Å². The van der Waals surface area contributed by atoms with E-state index >= 15 is 0 Å². The number of rotatable bonds is 5. The van der Waals surface area contributed by atoms with Crippen LogP contribution in [0.15, 0.2) is 55.0 Å². The molecule has 0 saturated carbocycles. The van der Waals surface area contributed by atoms with Crippen molar-refractivity contribution >= 4 is 29.0 Å². The van der Waals surface area contributed by atoms with Crippen molar-refractivity contribution in [3.8, 4) is 16.9 Å². The summed E-state index contributed by atoms with van der Waals surface area (Å²) >= 11 is 12.0. The number of benzene rings is 1. The van der Waals surface area contributed by atoms with E-state index in [2.05, 4.69) is 9.97 Å². The number of nitrogens with zero attached hydrogens (tertiary/aromatic N) is 3. The zero-order valence-electron chi connectivity index (χ0n) is 12.7. The molecule has 0 spiro atoms. The van der Waals surface area contributed by atoms with Gasteiger partial charge < -0.3 is 14.9 Å². The number of ether oxygens (including phenoxy) is 1. The van der Waals surface area contributed by atoms with Gasteiger partial charge in [0.15, 0.2) is 0 Å². The minimum atomic E-state index is -0.544. The summed E-state index contributed by atoms with van der Waals surface area (Å²) in [5.41, 5.74) is 2.24. The van der Waals surface area contributed by atoms with Gasteiger partial charge in [-0.2, -0.15) is 0 Å². The molecule has 2 aromatic heterocycles. The van der Waals surface area contributed by atoms with Crippen LogP contribution in [0.1, 0.15) is 5.56 Å². The van der Waals surface area contributed by atoms with Crippen LogP contribution in [0.4, 0.5) is 5.82 Å². The van der Waals surface area contributed by atoms with E-state index in [9.17, 15) is 10.1 Å². The minimum absolute atomic E-state index is 0.207. The second-order valence-electron chi connectivity index (χ2n) is 5.10. The van der Waals surface area contributed by atoms with Gasteiger partial charge in [0.1, 0.15) is 18.6 Å². The molecule has 0 atom stereocenters. The lowest BCUT2D eigenvalue weighted by atomic mass is 10.1. The molecule has 3 aromatic rings. The summed E-state index contributed by atoms with van der Waals surface area (Å²) in [6, 6.07) is 9.92. The van der Waals surface area contributed by atoms with Crippen molar-refractivity contribution in [2.24, 2.45) is 0 Å². The Morgan fingerprint density at radius 2 is 1.88 bits per heavy atom. The van der Waals surface area contributed by atoms with Crippen LogP contribution >= 0.6 is 23.2 Å². The first-order valence-electron chi connectivity index (χ1n) is 7.15. The molecule has 0 radical (unpaired) electrons. The van der Waals surface area contributed by atoms with Crippen LogP contribution in [0.2, 0.25) is 10.0 Å². The predicted octanol–water partition coefficient (Wildman–Crippen LogP) is 4.94. The van der Waals surface area contributed by atoms with E-state index in [-0.39, 0.29) is 12.4 Å². The lowest BCUT2D eigenvalue weighted by Crippen LogP contribution is -1.97. The molecule has 0 aliphatic carbocycles. The molecule has 1 aromatic carbocycles. The Labute approximate surface area is 153 Å². The number of aromatic nitrogens is 2. The SMILES string of the molecule is O=[N+]([O-])c1ccc(-c2cncc(OCc3ccc(Cl)cc3Cl)c2)cn1. The maximum atomic E-state index is 10.7. The smallest absolute Gasteiger partial charge is 0.363 e. The summed E-state index contributed by atoms with van der Waals surface area (Å²) in [6.45, 7) is 0.264. The molecule has 0 saturated heterocycles. The van der Waals surface area contributed by atoms with E-state index < -0.39 is 4.92 Å². The Bertz CT molecular complexity index is 917. The van der Waals surface area contributed by atoms with Crippen molar-refractivity contribution < 1.29 is 9.66 Å². The van der Waals surface area contributed by atoms with Crippen molar-refractivity contribution in [3.63, 3.8) is 0 Å². The van der Waals surface area contributed by atoms with Gasteiger partial charge in [-0.05, 0) is 34.2 Å². The maximum absolute atomic E-state index is 10.7. The molecule has 6 nitrogen and oxygen atoms in total. The van der Waals surface area contributed by atoms with E-state index in [4.69, 9.17) is 27.9 Å². The molecule has 0 bridgehead atoms. The van der Waals surface area contributed by atoms with E-state index in [1.54, 1.807) is 42.7 Å². The Kier molecular flexibility index (Phi) is 5.11. The summed E-state index contributed by atoms with van der Waals surface area (Å²) in [4.78, 5) is 18.0. The van der Waals surface area contributed by atoms with E-state index in [1.807, 2.05) is 0 Å². The molecular weight excluding hydrogens is 365 g/mol. The third-order valence-electron chi connectivity index (χ3n) is 3.39. The molecule has 0 amide bonds. The normalized spacial score (nSPS) is 10.5. The highest BCUT2D eigenvalue weighted by Gasteiger charge is 2.09. The van der Waals surface area contributed by atoms with Crippen molar-refractivity contribution in [1.29, 1.82) is 0 Å². The van der Waals surface area contributed by atoms with Crippen LogP contribution in [0.25, 0.3) is 11.1 Å². The molecule has 0 unspecified atom stereocenters. The van der Waals surface area contributed by atoms with Crippen molar-refractivity contribution in [3.05, 3.63) is 80.7 Å². The monoisotopic (exact) mass is 375 g/mol. The first-order chi connectivity index (χ1) is 12.0. The number of halogens is 2. The molecule has 126 valence electrons. The fourth-order valence-corrected chi connectivity index (χ4v) is 2.58. The maximum Gasteiger partial charge on any atom is 0.363 e. The van der Waals surface area contributed by atoms with Crippen LogP contribution in [-0.2, 0) is 6.61 Å². The van der Waals surface area contributed by atoms with Gasteiger partial charge in [0, 0.05) is 39.0 Å². The summed E-state index contributed by atoms with van der Waals surface area (Å²) in [5, 5.41) is 11.7. The second kappa shape index (κ2) is 7.46. The zero-order valence-corrected chi connectivity index (χ0v) is 14.2. The van der Waals surface area contributed by atoms with Gasteiger partial charge in [-0.15, -0.1) is 0 Å². The molecule has 0 fully saturated rings. The predicted molar refractivity (Wildman–Crippen MR) is 94.9 cm³/mol. The quantitative estimate of drug-likeness (QED) is 0.466. The van der Waals surface area contributed by atoms with Crippen molar-refractivity contribution in [1.82, 2.24) is 9.97 Å². The van der Waals surface area contributed by atoms with Gasteiger partial charge in [-0.1, -0.05) is 29.3 Å². The molecule has 25 heavy (non-hydrogen) atoms. The average Bonchev–Trinajstić information content (AvgIpc) is 2.61. The molecule has 8 heteroatoms. The Morgan fingerprint density at radius 3 is 2.56 bits per heavy atom. The lowest BCUT2D eigenvalue weighted by molar-refractivity contribution is -0.389. The summed E-state index contributed by atoms with van der Waals surface area (Å²) < 4.78 is 5.72. The van der Waals surface area contributed by atoms with Crippen LogP contribution in [0, 0.1) is 10.1 Å². The molecule has 2 heterocycles. The largest absolute Gasteiger partial charge is 0.487 e. The van der Waals surface area contributed by atoms with Crippen LogP contribution in [0.3, 0.4) is 0 Å². The molecular formula is C17H11Cl2N3O3. The van der Waals surface area contributed by atoms with Crippen LogP contribution in [0.5, 0.6) is 5.75 Å². The number of nitro groups is 1. The number of hydrogen-bond donors (Lipinski definition) is 0. The molecule has 0 aliphatic heterocycles. The number of hydrogen-bond acceptors (Lipinski definition) is 5. The molecule has 0 N–H and O–H groups in total. The first kappa shape index (κ1) is 17.1. The van der Waals surface area contributed by atoms with Crippen LogP contribution in [-0.4, -0.2) is 14.9 Å². The fourth-order valence-electron chi connectivity index (χ4n) is 2.12. The van der Waals surface area contributed by atoms with Gasteiger partial charge in [-0.25, -0.2) is 0 Å². The van der Waals surface area contributed by atoms with Gasteiger partial charge in [0.2, 0.25) is 0 Å². The van der Waals surface area contributed by atoms with E-state index in [0.717, 1.165) is 11.1 Å². The lowest BCUT2D eigenvalue weighted by Gasteiger charge is -2.09. The molecule has 3 rings (SSSR count).